The fourth-order valence-corrected chi connectivity index (χ4v) is 1.01. The van der Waals surface area contributed by atoms with E-state index < -0.39 is 0 Å². The van der Waals surface area contributed by atoms with E-state index in [0.717, 1.165) is 0 Å². The van der Waals surface area contributed by atoms with Crippen molar-refractivity contribution in [2.75, 3.05) is 7.11 Å². The van der Waals surface area contributed by atoms with E-state index in [9.17, 15) is 0 Å². The molecule has 1 atom stereocenters. The molecule has 0 aromatic rings. The lowest BCUT2D eigenvalue weighted by Gasteiger charge is -2.17. The highest BCUT2D eigenvalue weighted by molar-refractivity contribution is 4.59. The number of ether oxygens (including phenoxy) is 1. The van der Waals surface area contributed by atoms with Gasteiger partial charge in [-0.1, -0.05) is 27.2 Å². The first-order chi connectivity index (χ1) is 4.22. The lowest BCUT2D eigenvalue weighted by atomic mass is 10.0. The SMILES string of the molecule is CCC[C@H](OC)C(C)C. The molecule has 0 aromatic carbocycles. The van der Waals surface area contributed by atoms with Gasteiger partial charge < -0.3 is 4.74 Å². The molecule has 0 saturated heterocycles. The fraction of sp³-hybridized carbons (Fsp3) is 1.00. The second kappa shape index (κ2) is 4.80. The smallest absolute Gasteiger partial charge is 0.0594 e. The molecule has 0 rings (SSSR count). The van der Waals surface area contributed by atoms with Crippen LogP contribution in [0.15, 0.2) is 0 Å². The number of hydrogen-bond donors (Lipinski definition) is 0. The molecule has 0 amide bonds. The summed E-state index contributed by atoms with van der Waals surface area (Å²) in [5.74, 6) is 0.662. The van der Waals surface area contributed by atoms with E-state index in [2.05, 4.69) is 20.8 Å². The summed E-state index contributed by atoms with van der Waals surface area (Å²) in [4.78, 5) is 0. The van der Waals surface area contributed by atoms with Gasteiger partial charge in [0.15, 0.2) is 0 Å². The maximum absolute atomic E-state index is 5.25. The van der Waals surface area contributed by atoms with Crippen LogP contribution < -0.4 is 0 Å². The molecule has 0 saturated carbocycles. The van der Waals surface area contributed by atoms with Crippen molar-refractivity contribution in [2.45, 2.75) is 39.7 Å². The Morgan fingerprint density at radius 3 is 2.00 bits per heavy atom. The van der Waals surface area contributed by atoms with E-state index >= 15 is 0 Å². The number of rotatable bonds is 4. The molecule has 56 valence electrons. The minimum absolute atomic E-state index is 0.468. The summed E-state index contributed by atoms with van der Waals surface area (Å²) in [6.45, 7) is 6.59. The summed E-state index contributed by atoms with van der Waals surface area (Å²) in [5, 5.41) is 0. The van der Waals surface area contributed by atoms with Crippen molar-refractivity contribution in [3.05, 3.63) is 0 Å². The Bertz CT molecular complexity index is 59.6. The molecule has 1 nitrogen and oxygen atoms in total. The maximum atomic E-state index is 5.25. The molecule has 0 aliphatic rings. The Hall–Kier alpha value is -0.0400. The van der Waals surface area contributed by atoms with E-state index in [1.54, 1.807) is 7.11 Å². The van der Waals surface area contributed by atoms with Crippen LogP contribution in [0.4, 0.5) is 0 Å². The second-order valence-electron chi connectivity index (χ2n) is 2.81. The number of hydrogen-bond acceptors (Lipinski definition) is 1. The second-order valence-corrected chi connectivity index (χ2v) is 2.81. The van der Waals surface area contributed by atoms with Gasteiger partial charge in [-0.25, -0.2) is 0 Å². The zero-order valence-electron chi connectivity index (χ0n) is 6.98. The van der Waals surface area contributed by atoms with Gasteiger partial charge >= 0.3 is 0 Å². The molecule has 0 fully saturated rings. The van der Waals surface area contributed by atoms with Gasteiger partial charge in [-0.3, -0.25) is 0 Å². The molecule has 9 heavy (non-hydrogen) atoms. The summed E-state index contributed by atoms with van der Waals surface area (Å²) >= 11 is 0. The molecule has 0 spiro atoms. The van der Waals surface area contributed by atoms with Crippen LogP contribution in [0.1, 0.15) is 33.6 Å². The van der Waals surface area contributed by atoms with Crippen LogP contribution in [-0.2, 0) is 4.74 Å². The van der Waals surface area contributed by atoms with Crippen LogP contribution in [0.3, 0.4) is 0 Å². The van der Waals surface area contributed by atoms with Gasteiger partial charge in [0.05, 0.1) is 6.10 Å². The van der Waals surface area contributed by atoms with E-state index in [1.807, 2.05) is 0 Å². The summed E-state index contributed by atoms with van der Waals surface area (Å²) < 4.78 is 5.25. The summed E-state index contributed by atoms with van der Waals surface area (Å²) in [6, 6.07) is 0. The number of methoxy groups -OCH3 is 1. The first kappa shape index (κ1) is 8.96. The van der Waals surface area contributed by atoms with Crippen LogP contribution in [0.5, 0.6) is 0 Å². The van der Waals surface area contributed by atoms with Crippen molar-refractivity contribution in [2.24, 2.45) is 5.92 Å². The topological polar surface area (TPSA) is 9.23 Å². The molecule has 0 aromatic heterocycles. The molecule has 0 radical (unpaired) electrons. The van der Waals surface area contributed by atoms with Crippen LogP contribution in [-0.4, -0.2) is 13.2 Å². The molecular formula is C8H18O. The first-order valence-electron chi connectivity index (χ1n) is 3.75. The highest BCUT2D eigenvalue weighted by atomic mass is 16.5. The highest BCUT2D eigenvalue weighted by Crippen LogP contribution is 2.10. The fourth-order valence-electron chi connectivity index (χ4n) is 1.01. The average Bonchev–Trinajstić information content (AvgIpc) is 1.82. The zero-order chi connectivity index (χ0) is 7.28. The van der Waals surface area contributed by atoms with Crippen molar-refractivity contribution >= 4 is 0 Å². The Balaban J connectivity index is 3.41. The Kier molecular flexibility index (Phi) is 4.78. The van der Waals surface area contributed by atoms with Gasteiger partial charge in [-0.05, 0) is 12.3 Å². The third-order valence-electron chi connectivity index (χ3n) is 1.62. The van der Waals surface area contributed by atoms with Gasteiger partial charge in [-0.15, -0.1) is 0 Å². The Morgan fingerprint density at radius 2 is 1.89 bits per heavy atom. The van der Waals surface area contributed by atoms with Gasteiger partial charge in [0, 0.05) is 7.11 Å². The molecule has 0 bridgehead atoms. The van der Waals surface area contributed by atoms with E-state index in [-0.39, 0.29) is 0 Å². The minimum Gasteiger partial charge on any atom is -0.381 e. The minimum atomic E-state index is 0.468. The average molecular weight is 130 g/mol. The van der Waals surface area contributed by atoms with Crippen molar-refractivity contribution in [1.82, 2.24) is 0 Å². The molecule has 0 aliphatic heterocycles. The van der Waals surface area contributed by atoms with E-state index in [0.29, 0.717) is 12.0 Å². The molecule has 0 heterocycles. The van der Waals surface area contributed by atoms with Crippen molar-refractivity contribution in [3.8, 4) is 0 Å². The van der Waals surface area contributed by atoms with E-state index in [4.69, 9.17) is 4.74 Å². The molecule has 0 N–H and O–H groups in total. The van der Waals surface area contributed by atoms with Crippen LogP contribution in [0.2, 0.25) is 0 Å². The standard InChI is InChI=1S/C8H18O/c1-5-6-8(9-4)7(2)3/h7-8H,5-6H2,1-4H3/t8-/m0/s1. The normalized spacial score (nSPS) is 14.3. The van der Waals surface area contributed by atoms with E-state index in [1.165, 1.54) is 12.8 Å². The third-order valence-corrected chi connectivity index (χ3v) is 1.62. The van der Waals surface area contributed by atoms with Crippen LogP contribution in [0.25, 0.3) is 0 Å². The molecule has 0 aliphatic carbocycles. The van der Waals surface area contributed by atoms with Gasteiger partial charge in [0.1, 0.15) is 0 Å². The predicted molar refractivity (Wildman–Crippen MR) is 40.5 cm³/mol. The first-order valence-corrected chi connectivity index (χ1v) is 3.75. The molecule has 0 unspecified atom stereocenters. The van der Waals surface area contributed by atoms with Gasteiger partial charge in [0.2, 0.25) is 0 Å². The summed E-state index contributed by atoms with van der Waals surface area (Å²) in [7, 11) is 1.79. The lowest BCUT2D eigenvalue weighted by Crippen LogP contribution is -2.17. The van der Waals surface area contributed by atoms with Crippen LogP contribution >= 0.6 is 0 Å². The van der Waals surface area contributed by atoms with Crippen molar-refractivity contribution in [3.63, 3.8) is 0 Å². The van der Waals surface area contributed by atoms with Crippen molar-refractivity contribution < 1.29 is 4.74 Å². The molecular weight excluding hydrogens is 112 g/mol. The predicted octanol–water partition coefficient (Wildman–Crippen LogP) is 2.46. The van der Waals surface area contributed by atoms with Gasteiger partial charge in [0.25, 0.3) is 0 Å². The van der Waals surface area contributed by atoms with Crippen LogP contribution in [0, 0.1) is 5.92 Å². The molecule has 1 heteroatoms. The van der Waals surface area contributed by atoms with Gasteiger partial charge in [-0.2, -0.15) is 0 Å². The third kappa shape index (κ3) is 3.52. The highest BCUT2D eigenvalue weighted by Gasteiger charge is 2.09. The summed E-state index contributed by atoms with van der Waals surface area (Å²) in [6.07, 6.45) is 2.88. The maximum Gasteiger partial charge on any atom is 0.0594 e. The quantitative estimate of drug-likeness (QED) is 0.568. The van der Waals surface area contributed by atoms with Crippen molar-refractivity contribution in [1.29, 1.82) is 0 Å². The zero-order valence-corrected chi connectivity index (χ0v) is 6.98. The largest absolute Gasteiger partial charge is 0.381 e. The summed E-state index contributed by atoms with van der Waals surface area (Å²) in [5.41, 5.74) is 0. The monoisotopic (exact) mass is 130 g/mol. The Morgan fingerprint density at radius 1 is 1.33 bits per heavy atom. The lowest BCUT2D eigenvalue weighted by molar-refractivity contribution is 0.0576. The Labute approximate surface area is 58.4 Å².